The summed E-state index contributed by atoms with van der Waals surface area (Å²) in [5, 5.41) is 10.2. The number of thiophene rings is 1. The second-order valence-electron chi connectivity index (χ2n) is 6.09. The topological polar surface area (TPSA) is 79.1 Å². The standard InChI is InChI=1S/C19H22N2O2S/c1-12-5-8-17(24-12)19-14(4-2-3-9-20)15-10-13(11-18(22)23)6-7-16(15)21-19/h5-8,10,21H,2-4,9,11,20H2,1H3,(H,22,23). The Kier molecular flexibility index (Phi) is 5.02. The van der Waals surface area contributed by atoms with Gasteiger partial charge in [0.25, 0.3) is 0 Å². The first kappa shape index (κ1) is 16.7. The average molecular weight is 342 g/mol. The fourth-order valence-electron chi connectivity index (χ4n) is 3.06. The summed E-state index contributed by atoms with van der Waals surface area (Å²) in [6.07, 6.45) is 3.02. The highest BCUT2D eigenvalue weighted by Gasteiger charge is 2.15. The molecule has 3 rings (SSSR count). The number of nitrogens with one attached hydrogen (secondary N) is 1. The van der Waals surface area contributed by atoms with E-state index in [9.17, 15) is 4.79 Å². The molecule has 4 nitrogen and oxygen atoms in total. The van der Waals surface area contributed by atoms with E-state index >= 15 is 0 Å². The van der Waals surface area contributed by atoms with Gasteiger partial charge in [0.2, 0.25) is 0 Å². The van der Waals surface area contributed by atoms with Gasteiger partial charge in [-0.05, 0) is 68.1 Å². The number of rotatable bonds is 7. The zero-order valence-electron chi connectivity index (χ0n) is 13.8. The second kappa shape index (κ2) is 7.20. The molecule has 0 radical (unpaired) electrons. The Hall–Kier alpha value is -2.11. The monoisotopic (exact) mass is 342 g/mol. The van der Waals surface area contributed by atoms with E-state index in [-0.39, 0.29) is 6.42 Å². The first-order valence-electron chi connectivity index (χ1n) is 8.20. The number of hydrogen-bond acceptors (Lipinski definition) is 3. The van der Waals surface area contributed by atoms with Gasteiger partial charge in [0.15, 0.2) is 0 Å². The Morgan fingerprint density at radius 3 is 2.75 bits per heavy atom. The molecule has 2 heterocycles. The predicted molar refractivity (Wildman–Crippen MR) is 99.7 cm³/mol. The molecule has 0 aliphatic heterocycles. The van der Waals surface area contributed by atoms with Crippen molar-refractivity contribution in [2.24, 2.45) is 5.73 Å². The van der Waals surface area contributed by atoms with Crippen LogP contribution in [-0.2, 0) is 17.6 Å². The largest absolute Gasteiger partial charge is 0.481 e. The Labute approximate surface area is 145 Å². The van der Waals surface area contributed by atoms with Crippen molar-refractivity contribution in [1.82, 2.24) is 4.98 Å². The van der Waals surface area contributed by atoms with Crippen LogP contribution in [0.3, 0.4) is 0 Å². The van der Waals surface area contributed by atoms with Crippen molar-refractivity contribution in [1.29, 1.82) is 0 Å². The second-order valence-corrected chi connectivity index (χ2v) is 7.37. The SMILES string of the molecule is Cc1ccc(-c2[nH]c3ccc(CC(=O)O)cc3c2CCCCN)s1. The minimum atomic E-state index is -0.802. The van der Waals surface area contributed by atoms with E-state index in [2.05, 4.69) is 24.0 Å². The maximum Gasteiger partial charge on any atom is 0.307 e. The zero-order valence-corrected chi connectivity index (χ0v) is 14.6. The molecular weight excluding hydrogens is 320 g/mol. The van der Waals surface area contributed by atoms with Gasteiger partial charge in [-0.1, -0.05) is 6.07 Å². The first-order valence-corrected chi connectivity index (χ1v) is 9.02. The molecule has 0 spiro atoms. The van der Waals surface area contributed by atoms with E-state index in [1.807, 2.05) is 18.2 Å². The molecule has 4 N–H and O–H groups in total. The fraction of sp³-hybridized carbons (Fsp3) is 0.316. The third kappa shape index (κ3) is 3.52. The van der Waals surface area contributed by atoms with Crippen molar-refractivity contribution in [3.05, 3.63) is 46.3 Å². The Morgan fingerprint density at radius 2 is 2.08 bits per heavy atom. The lowest BCUT2D eigenvalue weighted by molar-refractivity contribution is -0.136. The maximum absolute atomic E-state index is 11.0. The predicted octanol–water partition coefficient (Wildman–Crippen LogP) is 4.11. The van der Waals surface area contributed by atoms with E-state index in [4.69, 9.17) is 10.8 Å². The highest BCUT2D eigenvalue weighted by Crippen LogP contribution is 2.35. The number of aromatic nitrogens is 1. The van der Waals surface area contributed by atoms with Crippen molar-refractivity contribution in [3.63, 3.8) is 0 Å². The molecule has 0 saturated carbocycles. The van der Waals surface area contributed by atoms with Crippen molar-refractivity contribution in [3.8, 4) is 10.6 Å². The maximum atomic E-state index is 11.0. The van der Waals surface area contributed by atoms with Gasteiger partial charge in [-0.2, -0.15) is 0 Å². The molecule has 0 unspecified atom stereocenters. The molecule has 0 fully saturated rings. The number of hydrogen-bond donors (Lipinski definition) is 3. The van der Waals surface area contributed by atoms with E-state index in [1.54, 1.807) is 11.3 Å². The molecule has 0 bridgehead atoms. The Morgan fingerprint density at radius 1 is 1.25 bits per heavy atom. The lowest BCUT2D eigenvalue weighted by Gasteiger charge is -2.04. The zero-order chi connectivity index (χ0) is 17.1. The summed E-state index contributed by atoms with van der Waals surface area (Å²) in [4.78, 5) is 17.1. The van der Waals surface area contributed by atoms with Crippen LogP contribution in [0.25, 0.3) is 21.5 Å². The van der Waals surface area contributed by atoms with Gasteiger partial charge >= 0.3 is 5.97 Å². The van der Waals surface area contributed by atoms with Crippen molar-refractivity contribution in [2.75, 3.05) is 6.54 Å². The summed E-state index contributed by atoms with van der Waals surface area (Å²) in [5.74, 6) is -0.802. The van der Waals surface area contributed by atoms with Crippen LogP contribution >= 0.6 is 11.3 Å². The minimum Gasteiger partial charge on any atom is -0.481 e. The fourth-order valence-corrected chi connectivity index (χ4v) is 3.96. The number of benzene rings is 1. The van der Waals surface area contributed by atoms with Crippen molar-refractivity contribution < 1.29 is 9.90 Å². The third-order valence-corrected chi connectivity index (χ3v) is 5.21. The number of aromatic amines is 1. The minimum absolute atomic E-state index is 0.0524. The number of fused-ring (bicyclic) bond motifs is 1. The number of H-pyrrole nitrogens is 1. The number of unbranched alkanes of at least 4 members (excludes halogenated alkanes) is 1. The number of aliphatic carboxylic acids is 1. The van der Waals surface area contributed by atoms with E-state index < -0.39 is 5.97 Å². The summed E-state index contributed by atoms with van der Waals surface area (Å²) in [6.45, 7) is 2.80. The van der Waals surface area contributed by atoms with Crippen molar-refractivity contribution >= 4 is 28.2 Å². The van der Waals surface area contributed by atoms with Crippen LogP contribution < -0.4 is 5.73 Å². The average Bonchev–Trinajstić information content (AvgIpc) is 3.11. The highest BCUT2D eigenvalue weighted by molar-refractivity contribution is 7.15. The van der Waals surface area contributed by atoms with E-state index in [0.717, 1.165) is 41.4 Å². The number of carboxylic acids is 1. The lowest BCUT2D eigenvalue weighted by Crippen LogP contribution is -2.00. The third-order valence-electron chi connectivity index (χ3n) is 4.19. The summed E-state index contributed by atoms with van der Waals surface area (Å²) >= 11 is 1.77. The molecule has 3 aromatic rings. The lowest BCUT2D eigenvalue weighted by atomic mass is 10.0. The normalized spacial score (nSPS) is 11.2. The molecule has 1 aromatic carbocycles. The van der Waals surface area contributed by atoms with Gasteiger partial charge in [0, 0.05) is 15.8 Å². The van der Waals surface area contributed by atoms with Crippen LogP contribution in [0.5, 0.6) is 0 Å². The summed E-state index contributed by atoms with van der Waals surface area (Å²) in [6, 6.07) is 10.2. The molecular formula is C19H22N2O2S. The molecule has 0 atom stereocenters. The number of carbonyl (C=O) groups is 1. The molecule has 0 saturated heterocycles. The molecule has 0 amide bonds. The summed E-state index contributed by atoms with van der Waals surface area (Å²) in [7, 11) is 0. The number of aryl methyl sites for hydroxylation is 2. The molecule has 5 heteroatoms. The number of nitrogens with two attached hydrogens (primary N) is 1. The molecule has 2 aromatic heterocycles. The smallest absolute Gasteiger partial charge is 0.307 e. The quantitative estimate of drug-likeness (QED) is 0.565. The van der Waals surface area contributed by atoms with Gasteiger partial charge in [-0.15, -0.1) is 11.3 Å². The highest BCUT2D eigenvalue weighted by atomic mass is 32.1. The van der Waals surface area contributed by atoms with Crippen LogP contribution in [-0.4, -0.2) is 22.6 Å². The first-order chi connectivity index (χ1) is 11.6. The van der Waals surface area contributed by atoms with Crippen LogP contribution in [0.2, 0.25) is 0 Å². The van der Waals surface area contributed by atoms with Crippen LogP contribution in [0.4, 0.5) is 0 Å². The van der Waals surface area contributed by atoms with Gasteiger partial charge in [0.05, 0.1) is 17.0 Å². The van der Waals surface area contributed by atoms with Crippen LogP contribution in [0, 0.1) is 6.92 Å². The van der Waals surface area contributed by atoms with E-state index in [0.29, 0.717) is 6.54 Å². The number of carboxylic acid groups (broad SMARTS) is 1. The molecule has 0 aliphatic rings. The van der Waals surface area contributed by atoms with Gasteiger partial charge in [-0.3, -0.25) is 4.79 Å². The summed E-state index contributed by atoms with van der Waals surface area (Å²) in [5.41, 5.74) is 9.97. The van der Waals surface area contributed by atoms with Gasteiger partial charge in [0.1, 0.15) is 0 Å². The molecule has 126 valence electrons. The Balaban J connectivity index is 2.08. The molecule has 24 heavy (non-hydrogen) atoms. The Bertz CT molecular complexity index is 864. The van der Waals surface area contributed by atoms with E-state index in [1.165, 1.54) is 15.3 Å². The van der Waals surface area contributed by atoms with Crippen LogP contribution in [0.1, 0.15) is 28.8 Å². The van der Waals surface area contributed by atoms with Crippen LogP contribution in [0.15, 0.2) is 30.3 Å². The van der Waals surface area contributed by atoms with Crippen molar-refractivity contribution in [2.45, 2.75) is 32.6 Å². The van der Waals surface area contributed by atoms with Gasteiger partial charge < -0.3 is 15.8 Å². The van der Waals surface area contributed by atoms with Gasteiger partial charge in [-0.25, -0.2) is 0 Å². The molecule has 0 aliphatic carbocycles. The summed E-state index contributed by atoms with van der Waals surface area (Å²) < 4.78 is 0.